The third-order valence-corrected chi connectivity index (χ3v) is 3.38. The van der Waals surface area contributed by atoms with Crippen molar-refractivity contribution in [3.05, 3.63) is 23.2 Å². The van der Waals surface area contributed by atoms with E-state index in [4.69, 9.17) is 22.1 Å². The van der Waals surface area contributed by atoms with Gasteiger partial charge in [-0.15, -0.1) is 0 Å². The molecule has 0 radical (unpaired) electrons. The second-order valence-corrected chi connectivity index (χ2v) is 4.80. The molecule has 1 fully saturated rings. The van der Waals surface area contributed by atoms with Crippen molar-refractivity contribution in [2.75, 3.05) is 5.73 Å². The van der Waals surface area contributed by atoms with Gasteiger partial charge >= 0.3 is 0 Å². The summed E-state index contributed by atoms with van der Waals surface area (Å²) in [6.07, 6.45) is 7.64. The minimum Gasteiger partial charge on any atom is -0.487 e. The third kappa shape index (κ3) is 2.82. The van der Waals surface area contributed by atoms with Crippen molar-refractivity contribution in [2.45, 2.75) is 44.6 Å². The van der Waals surface area contributed by atoms with Crippen molar-refractivity contribution < 1.29 is 4.74 Å². The van der Waals surface area contributed by atoms with Crippen LogP contribution in [0, 0.1) is 0 Å². The summed E-state index contributed by atoms with van der Waals surface area (Å²) in [5.41, 5.74) is 6.50. The van der Waals surface area contributed by atoms with Gasteiger partial charge in [0.1, 0.15) is 0 Å². The number of rotatable bonds is 2. The molecule has 2 nitrogen and oxygen atoms in total. The van der Waals surface area contributed by atoms with Gasteiger partial charge in [0.05, 0.1) is 16.8 Å². The van der Waals surface area contributed by atoms with E-state index in [9.17, 15) is 0 Å². The molecule has 0 amide bonds. The largest absolute Gasteiger partial charge is 0.487 e. The lowest BCUT2D eigenvalue weighted by atomic mass is 10.1. The van der Waals surface area contributed by atoms with Crippen molar-refractivity contribution in [1.29, 1.82) is 0 Å². The van der Waals surface area contributed by atoms with Crippen molar-refractivity contribution >= 4 is 17.3 Å². The van der Waals surface area contributed by atoms with Gasteiger partial charge in [-0.05, 0) is 37.8 Å². The van der Waals surface area contributed by atoms with E-state index >= 15 is 0 Å². The summed E-state index contributed by atoms with van der Waals surface area (Å²) in [6, 6.07) is 5.50. The Morgan fingerprint density at radius 3 is 2.44 bits per heavy atom. The topological polar surface area (TPSA) is 35.2 Å². The number of para-hydroxylation sites is 1. The highest BCUT2D eigenvalue weighted by atomic mass is 35.5. The average Bonchev–Trinajstić information content (AvgIpc) is 2.52. The predicted molar refractivity (Wildman–Crippen MR) is 68.0 cm³/mol. The van der Waals surface area contributed by atoms with E-state index in [2.05, 4.69) is 0 Å². The highest BCUT2D eigenvalue weighted by Crippen LogP contribution is 2.33. The van der Waals surface area contributed by atoms with Gasteiger partial charge in [0.15, 0.2) is 5.75 Å². The van der Waals surface area contributed by atoms with Crippen molar-refractivity contribution in [2.24, 2.45) is 0 Å². The molecule has 0 unspecified atom stereocenters. The van der Waals surface area contributed by atoms with Crippen molar-refractivity contribution in [1.82, 2.24) is 0 Å². The Hall–Kier alpha value is -0.890. The van der Waals surface area contributed by atoms with Crippen LogP contribution in [0.2, 0.25) is 5.02 Å². The standard InChI is InChI=1S/C13H18ClNO/c14-11-8-5-9-12(15)13(11)16-10-6-3-1-2-4-7-10/h5,8-10H,1-4,6-7,15H2. The first-order valence-corrected chi connectivity index (χ1v) is 6.36. The summed E-state index contributed by atoms with van der Waals surface area (Å²) in [5.74, 6) is 0.663. The van der Waals surface area contributed by atoms with E-state index in [1.54, 1.807) is 0 Å². The van der Waals surface area contributed by atoms with Crippen LogP contribution in [-0.2, 0) is 0 Å². The molecular formula is C13H18ClNO. The normalized spacial score (nSPS) is 18.1. The molecule has 1 saturated carbocycles. The lowest BCUT2D eigenvalue weighted by Crippen LogP contribution is -2.16. The van der Waals surface area contributed by atoms with Crippen LogP contribution in [0.3, 0.4) is 0 Å². The van der Waals surface area contributed by atoms with E-state index in [1.807, 2.05) is 18.2 Å². The van der Waals surface area contributed by atoms with Crippen LogP contribution in [0.25, 0.3) is 0 Å². The molecule has 0 heterocycles. The Balaban J connectivity index is 2.07. The van der Waals surface area contributed by atoms with E-state index in [0.717, 1.165) is 12.8 Å². The van der Waals surface area contributed by atoms with Gasteiger partial charge in [-0.1, -0.05) is 30.5 Å². The van der Waals surface area contributed by atoms with E-state index in [-0.39, 0.29) is 6.10 Å². The van der Waals surface area contributed by atoms with Gasteiger partial charge in [0.2, 0.25) is 0 Å². The first-order valence-electron chi connectivity index (χ1n) is 5.98. The molecule has 1 aliphatic rings. The first kappa shape index (κ1) is 11.6. The summed E-state index contributed by atoms with van der Waals surface area (Å²) in [4.78, 5) is 0. The third-order valence-electron chi connectivity index (χ3n) is 3.08. The van der Waals surface area contributed by atoms with Gasteiger partial charge in [0, 0.05) is 0 Å². The number of ether oxygens (including phenoxy) is 1. The van der Waals surface area contributed by atoms with Crippen LogP contribution in [0.15, 0.2) is 18.2 Å². The van der Waals surface area contributed by atoms with E-state index < -0.39 is 0 Å². The summed E-state index contributed by atoms with van der Waals surface area (Å²) >= 11 is 6.08. The monoisotopic (exact) mass is 239 g/mol. The molecule has 1 aromatic carbocycles. The Bertz CT molecular complexity index is 326. The SMILES string of the molecule is Nc1cccc(Cl)c1OC1CCCCCC1. The molecule has 2 N–H and O–H groups in total. The zero-order chi connectivity index (χ0) is 11.4. The molecule has 16 heavy (non-hydrogen) atoms. The highest BCUT2D eigenvalue weighted by molar-refractivity contribution is 6.32. The fourth-order valence-corrected chi connectivity index (χ4v) is 2.40. The molecular weight excluding hydrogens is 222 g/mol. The summed E-state index contributed by atoms with van der Waals surface area (Å²) in [7, 11) is 0. The molecule has 1 aromatic rings. The van der Waals surface area contributed by atoms with Crippen LogP contribution in [0.1, 0.15) is 38.5 Å². The number of hydrogen-bond acceptors (Lipinski definition) is 2. The van der Waals surface area contributed by atoms with Crippen LogP contribution < -0.4 is 10.5 Å². The molecule has 0 atom stereocenters. The summed E-state index contributed by atoms with van der Waals surface area (Å²) < 4.78 is 5.94. The number of anilines is 1. The smallest absolute Gasteiger partial charge is 0.161 e. The van der Waals surface area contributed by atoms with Crippen LogP contribution in [0.5, 0.6) is 5.75 Å². The number of halogens is 1. The molecule has 0 bridgehead atoms. The minimum atomic E-state index is 0.282. The zero-order valence-electron chi connectivity index (χ0n) is 9.42. The van der Waals surface area contributed by atoms with Gasteiger partial charge in [-0.25, -0.2) is 0 Å². The maximum absolute atomic E-state index is 6.08. The highest BCUT2D eigenvalue weighted by Gasteiger charge is 2.16. The molecule has 2 rings (SSSR count). The fourth-order valence-electron chi connectivity index (χ4n) is 2.18. The van der Waals surface area contributed by atoms with Crippen LogP contribution >= 0.6 is 11.6 Å². The molecule has 0 aromatic heterocycles. The Labute approximate surface area is 102 Å². The minimum absolute atomic E-state index is 0.282. The molecule has 0 spiro atoms. The number of hydrogen-bond donors (Lipinski definition) is 1. The van der Waals surface area contributed by atoms with Crippen LogP contribution in [-0.4, -0.2) is 6.10 Å². The maximum atomic E-state index is 6.08. The van der Waals surface area contributed by atoms with E-state index in [0.29, 0.717) is 16.5 Å². The fraction of sp³-hybridized carbons (Fsp3) is 0.538. The predicted octanol–water partition coefficient (Wildman–Crippen LogP) is 4.02. The van der Waals surface area contributed by atoms with Gasteiger partial charge < -0.3 is 10.5 Å². The molecule has 3 heteroatoms. The number of benzene rings is 1. The lowest BCUT2D eigenvalue weighted by Gasteiger charge is -2.19. The quantitative estimate of drug-likeness (QED) is 0.625. The molecule has 0 aliphatic heterocycles. The number of nitrogens with two attached hydrogens (primary N) is 1. The average molecular weight is 240 g/mol. The van der Waals surface area contributed by atoms with Gasteiger partial charge in [0.25, 0.3) is 0 Å². The Kier molecular flexibility index (Phi) is 3.94. The van der Waals surface area contributed by atoms with Crippen molar-refractivity contribution in [3.8, 4) is 5.75 Å². The molecule has 1 aliphatic carbocycles. The first-order chi connectivity index (χ1) is 7.77. The molecule has 88 valence electrons. The maximum Gasteiger partial charge on any atom is 0.161 e. The number of nitrogen functional groups attached to an aromatic ring is 1. The Morgan fingerprint density at radius 2 is 1.81 bits per heavy atom. The summed E-state index contributed by atoms with van der Waals surface area (Å²) in [6.45, 7) is 0. The van der Waals surface area contributed by atoms with Gasteiger partial charge in [-0.3, -0.25) is 0 Å². The molecule has 0 saturated heterocycles. The lowest BCUT2D eigenvalue weighted by molar-refractivity contribution is 0.185. The second kappa shape index (κ2) is 5.44. The van der Waals surface area contributed by atoms with Gasteiger partial charge in [-0.2, -0.15) is 0 Å². The second-order valence-electron chi connectivity index (χ2n) is 4.39. The van der Waals surface area contributed by atoms with Crippen molar-refractivity contribution in [3.63, 3.8) is 0 Å². The van der Waals surface area contributed by atoms with Crippen LogP contribution in [0.4, 0.5) is 5.69 Å². The summed E-state index contributed by atoms with van der Waals surface area (Å²) in [5, 5.41) is 0.615. The zero-order valence-corrected chi connectivity index (χ0v) is 10.2. The van der Waals surface area contributed by atoms with E-state index in [1.165, 1.54) is 25.7 Å². The Morgan fingerprint density at radius 1 is 1.12 bits per heavy atom.